The number of carboxylic acids is 1. The van der Waals surface area contributed by atoms with Crippen LogP contribution < -0.4 is 5.32 Å². The van der Waals surface area contributed by atoms with Crippen molar-refractivity contribution in [1.29, 1.82) is 0 Å². The van der Waals surface area contributed by atoms with Gasteiger partial charge < -0.3 is 24.6 Å². The predicted octanol–water partition coefficient (Wildman–Crippen LogP) is 2.99. The van der Waals surface area contributed by atoms with Gasteiger partial charge in [-0.2, -0.15) is 5.10 Å². The average Bonchev–Trinajstić information content (AvgIpc) is 3.37. The maximum Gasteiger partial charge on any atom is 0.335 e. The van der Waals surface area contributed by atoms with Crippen LogP contribution in [0.1, 0.15) is 31.2 Å². The summed E-state index contributed by atoms with van der Waals surface area (Å²) in [5.74, 6) is -1.28. The lowest BCUT2D eigenvalue weighted by Crippen LogP contribution is -2.35. The van der Waals surface area contributed by atoms with Crippen LogP contribution in [-0.2, 0) is 25.5 Å². The Balaban J connectivity index is 1.45. The van der Waals surface area contributed by atoms with Crippen molar-refractivity contribution in [1.82, 2.24) is 14.6 Å². The normalized spacial score (nSPS) is 26.8. The van der Waals surface area contributed by atoms with Crippen LogP contribution in [0.3, 0.4) is 0 Å². The monoisotopic (exact) mass is 536 g/mol. The molecule has 162 valence electrons. The van der Waals surface area contributed by atoms with Gasteiger partial charge in [-0.05, 0) is 66.3 Å². The van der Waals surface area contributed by atoms with Crippen LogP contribution in [0.5, 0.6) is 0 Å². The van der Waals surface area contributed by atoms with Gasteiger partial charge in [0, 0.05) is 10.1 Å². The van der Waals surface area contributed by atoms with E-state index in [0.717, 1.165) is 14.7 Å². The van der Waals surface area contributed by atoms with Gasteiger partial charge in [0.25, 0.3) is 0 Å². The number of carbonyl (C=O) groups is 1. The number of nitrogens with one attached hydrogen (secondary N) is 1. The molecule has 10 heteroatoms. The van der Waals surface area contributed by atoms with Crippen molar-refractivity contribution in [2.45, 2.75) is 50.6 Å². The number of halogens is 1. The second-order valence-corrected chi connectivity index (χ2v) is 9.27. The van der Waals surface area contributed by atoms with E-state index in [4.69, 9.17) is 14.2 Å². The van der Waals surface area contributed by atoms with Crippen LogP contribution in [0, 0.1) is 3.57 Å². The van der Waals surface area contributed by atoms with Gasteiger partial charge in [0.1, 0.15) is 30.2 Å². The Kier molecular flexibility index (Phi) is 5.12. The van der Waals surface area contributed by atoms with Gasteiger partial charge in [-0.3, -0.25) is 0 Å². The van der Waals surface area contributed by atoms with Crippen molar-refractivity contribution in [2.75, 3.05) is 5.32 Å². The van der Waals surface area contributed by atoms with E-state index < -0.39 is 36.2 Å². The summed E-state index contributed by atoms with van der Waals surface area (Å²) in [6.45, 7) is 4.15. The van der Waals surface area contributed by atoms with Crippen LogP contribution in [0.15, 0.2) is 42.7 Å². The molecule has 0 aliphatic carbocycles. The Morgan fingerprint density at radius 3 is 2.84 bits per heavy atom. The molecule has 2 fully saturated rings. The third-order valence-corrected chi connectivity index (χ3v) is 6.09. The molecule has 2 N–H and O–H groups in total. The first-order chi connectivity index (χ1) is 14.8. The molecule has 1 aromatic carbocycles. The molecular weight excluding hydrogens is 515 g/mol. The molecule has 2 saturated heterocycles. The van der Waals surface area contributed by atoms with E-state index in [9.17, 15) is 9.90 Å². The standard InChI is InChI=1S/C21H21IN4O5/c1-21(2)30-16-15(29-18(20(27)28)17(16)31-21)13-6-7-14-19(24-10-25-26(13)14)23-9-11-4-3-5-12(22)8-11/h3-8,10,15-18H,9H2,1-2H3,(H,27,28)(H,23,24,25)/t15-,16-,17-,18-/m0/s1. The third kappa shape index (κ3) is 3.77. The highest BCUT2D eigenvalue weighted by Crippen LogP contribution is 2.45. The van der Waals surface area contributed by atoms with Crippen LogP contribution in [0.25, 0.3) is 5.52 Å². The van der Waals surface area contributed by atoms with E-state index in [1.807, 2.05) is 24.3 Å². The molecule has 0 saturated carbocycles. The molecule has 0 spiro atoms. The fourth-order valence-corrected chi connectivity index (χ4v) is 4.78. The summed E-state index contributed by atoms with van der Waals surface area (Å²) >= 11 is 2.28. The number of carboxylic acid groups (broad SMARTS) is 1. The van der Waals surface area contributed by atoms with Gasteiger partial charge in [0.05, 0.1) is 5.69 Å². The van der Waals surface area contributed by atoms with Gasteiger partial charge >= 0.3 is 5.97 Å². The fraction of sp³-hybridized carbons (Fsp3) is 0.381. The third-order valence-electron chi connectivity index (χ3n) is 5.42. The molecule has 5 rings (SSSR count). The summed E-state index contributed by atoms with van der Waals surface area (Å²) in [4.78, 5) is 16.1. The Morgan fingerprint density at radius 2 is 2.06 bits per heavy atom. The molecule has 3 aromatic rings. The first kappa shape index (κ1) is 20.6. The lowest BCUT2D eigenvalue weighted by molar-refractivity contribution is -0.195. The molecule has 0 unspecified atom stereocenters. The van der Waals surface area contributed by atoms with E-state index in [1.165, 1.54) is 6.33 Å². The number of hydrogen-bond donors (Lipinski definition) is 2. The van der Waals surface area contributed by atoms with Crippen molar-refractivity contribution >= 4 is 39.9 Å². The number of fused-ring (bicyclic) bond motifs is 2. The summed E-state index contributed by atoms with van der Waals surface area (Å²) in [7, 11) is 0. The average molecular weight is 536 g/mol. The molecule has 4 atom stereocenters. The molecule has 0 bridgehead atoms. The molecule has 2 aliphatic heterocycles. The summed E-state index contributed by atoms with van der Waals surface area (Å²) in [6.07, 6.45) is -1.52. The van der Waals surface area contributed by atoms with Crippen molar-refractivity contribution in [3.05, 3.63) is 57.6 Å². The zero-order chi connectivity index (χ0) is 21.8. The molecule has 2 aliphatic rings. The maximum absolute atomic E-state index is 11.7. The minimum atomic E-state index is -1.11. The second-order valence-electron chi connectivity index (χ2n) is 8.03. The summed E-state index contributed by atoms with van der Waals surface area (Å²) in [5, 5.41) is 17.3. The van der Waals surface area contributed by atoms with E-state index in [0.29, 0.717) is 18.1 Å². The van der Waals surface area contributed by atoms with E-state index in [1.54, 1.807) is 18.4 Å². The molecule has 4 heterocycles. The lowest BCUT2D eigenvalue weighted by Gasteiger charge is -2.23. The van der Waals surface area contributed by atoms with E-state index in [-0.39, 0.29) is 0 Å². The van der Waals surface area contributed by atoms with Crippen molar-refractivity contribution in [3.8, 4) is 0 Å². The quantitative estimate of drug-likeness (QED) is 0.480. The second kappa shape index (κ2) is 7.69. The zero-order valence-corrected chi connectivity index (χ0v) is 19.0. The summed E-state index contributed by atoms with van der Waals surface area (Å²) in [6, 6.07) is 12.0. The Hall–Kier alpha value is -2.28. The summed E-state index contributed by atoms with van der Waals surface area (Å²) < 4.78 is 20.6. The fourth-order valence-electron chi connectivity index (χ4n) is 4.17. The van der Waals surface area contributed by atoms with Crippen LogP contribution in [0.4, 0.5) is 5.82 Å². The SMILES string of the molecule is CC1(C)O[C@@H]2[C@H](O1)[C@@H](C(=O)O)O[C@H]2c1ccc2c(NCc3cccc(I)c3)ncnn12. The highest BCUT2D eigenvalue weighted by atomic mass is 127. The number of nitrogens with zero attached hydrogens (tertiary/aromatic N) is 3. The van der Waals surface area contributed by atoms with Gasteiger partial charge in [-0.1, -0.05) is 12.1 Å². The lowest BCUT2D eigenvalue weighted by atomic mass is 10.1. The van der Waals surface area contributed by atoms with Crippen LogP contribution >= 0.6 is 22.6 Å². The smallest absolute Gasteiger partial charge is 0.335 e. The number of ether oxygens (including phenoxy) is 3. The molecule has 2 aromatic heterocycles. The maximum atomic E-state index is 11.7. The van der Waals surface area contributed by atoms with Crippen LogP contribution in [0.2, 0.25) is 0 Å². The highest BCUT2D eigenvalue weighted by molar-refractivity contribution is 14.1. The Bertz CT molecular complexity index is 1150. The minimum absolute atomic E-state index is 0.549. The van der Waals surface area contributed by atoms with E-state index in [2.05, 4.69) is 50.1 Å². The van der Waals surface area contributed by atoms with Crippen molar-refractivity contribution in [3.63, 3.8) is 0 Å². The minimum Gasteiger partial charge on any atom is -0.479 e. The Labute approximate surface area is 191 Å². The molecular formula is C21H21IN4O5. The molecule has 0 radical (unpaired) electrons. The van der Waals surface area contributed by atoms with Gasteiger partial charge in [-0.15, -0.1) is 0 Å². The van der Waals surface area contributed by atoms with Crippen LogP contribution in [-0.4, -0.2) is 49.8 Å². The number of rotatable bonds is 5. The topological polar surface area (TPSA) is 107 Å². The predicted molar refractivity (Wildman–Crippen MR) is 119 cm³/mol. The Morgan fingerprint density at radius 1 is 1.26 bits per heavy atom. The summed E-state index contributed by atoms with van der Waals surface area (Å²) in [5.41, 5.74) is 2.59. The van der Waals surface area contributed by atoms with Crippen molar-refractivity contribution < 1.29 is 24.1 Å². The largest absolute Gasteiger partial charge is 0.479 e. The first-order valence-electron chi connectivity index (χ1n) is 9.87. The highest BCUT2D eigenvalue weighted by Gasteiger charge is 2.58. The number of hydrogen-bond acceptors (Lipinski definition) is 7. The number of aromatic nitrogens is 3. The van der Waals surface area contributed by atoms with Gasteiger partial charge in [0.2, 0.25) is 0 Å². The number of aliphatic carboxylic acids is 1. The van der Waals surface area contributed by atoms with Crippen molar-refractivity contribution in [2.24, 2.45) is 0 Å². The van der Waals surface area contributed by atoms with E-state index >= 15 is 0 Å². The molecule has 31 heavy (non-hydrogen) atoms. The first-order valence-corrected chi connectivity index (χ1v) is 11.0. The van der Waals surface area contributed by atoms with Gasteiger partial charge in [0.15, 0.2) is 17.7 Å². The molecule has 0 amide bonds. The molecule has 9 nitrogen and oxygen atoms in total. The number of anilines is 1. The number of benzene rings is 1. The zero-order valence-electron chi connectivity index (χ0n) is 16.9. The van der Waals surface area contributed by atoms with Gasteiger partial charge in [-0.25, -0.2) is 14.3 Å².